The first-order valence-electron chi connectivity index (χ1n) is 6.03. The summed E-state index contributed by atoms with van der Waals surface area (Å²) in [6, 6.07) is 7.11. The minimum atomic E-state index is -0.904. The average Bonchev–Trinajstić information content (AvgIpc) is 2.89. The predicted molar refractivity (Wildman–Crippen MR) is 69.7 cm³/mol. The zero-order valence-electron chi connectivity index (χ0n) is 10.7. The molecule has 0 aliphatic rings. The summed E-state index contributed by atoms with van der Waals surface area (Å²) in [6.07, 6.45) is 3.19. The number of rotatable bonds is 6. The van der Waals surface area contributed by atoms with Crippen LogP contribution in [-0.2, 0) is 13.1 Å². The number of benzene rings is 1. The highest BCUT2D eigenvalue weighted by molar-refractivity contribution is 5.87. The first kappa shape index (κ1) is 13.2. The smallest absolute Gasteiger partial charge is 0.335 e. The molecule has 0 aliphatic carbocycles. The molecule has 0 spiro atoms. The Morgan fingerprint density at radius 3 is 2.74 bits per heavy atom. The normalized spacial score (nSPS) is 12.3. The molecule has 0 amide bonds. The van der Waals surface area contributed by atoms with Gasteiger partial charge < -0.3 is 10.4 Å². The SMILES string of the molecule is C[C@H](Cn1cncn1)NCc1ccc(C(=O)O)cc1. The number of nitrogens with one attached hydrogen (secondary N) is 1. The Hall–Kier alpha value is -2.21. The number of hydrogen-bond acceptors (Lipinski definition) is 4. The standard InChI is InChI=1S/C13H16N4O2/c1-10(7-17-9-14-8-16-17)15-6-11-2-4-12(5-3-11)13(18)19/h2-5,8-10,15H,6-7H2,1H3,(H,18,19)/t10-/m1/s1. The van der Waals surface area contributed by atoms with Crippen molar-refractivity contribution >= 4 is 5.97 Å². The van der Waals surface area contributed by atoms with Crippen LogP contribution >= 0.6 is 0 Å². The van der Waals surface area contributed by atoms with E-state index in [4.69, 9.17) is 5.11 Å². The average molecular weight is 260 g/mol. The lowest BCUT2D eigenvalue weighted by Gasteiger charge is -2.13. The molecule has 6 nitrogen and oxygen atoms in total. The summed E-state index contributed by atoms with van der Waals surface area (Å²) in [6.45, 7) is 3.50. The number of aromatic carboxylic acids is 1. The highest BCUT2D eigenvalue weighted by Gasteiger charge is 2.04. The summed E-state index contributed by atoms with van der Waals surface area (Å²) < 4.78 is 1.77. The topological polar surface area (TPSA) is 80.0 Å². The van der Waals surface area contributed by atoms with Crippen molar-refractivity contribution in [2.24, 2.45) is 0 Å². The molecule has 1 heterocycles. The van der Waals surface area contributed by atoms with Gasteiger partial charge in [0.25, 0.3) is 0 Å². The van der Waals surface area contributed by atoms with E-state index in [1.54, 1.807) is 23.1 Å². The van der Waals surface area contributed by atoms with Crippen molar-refractivity contribution in [1.82, 2.24) is 20.1 Å². The first-order valence-corrected chi connectivity index (χ1v) is 6.03. The van der Waals surface area contributed by atoms with Crippen LogP contribution in [0.4, 0.5) is 0 Å². The van der Waals surface area contributed by atoms with Gasteiger partial charge in [-0.3, -0.25) is 4.68 Å². The van der Waals surface area contributed by atoms with Gasteiger partial charge in [0.05, 0.1) is 12.1 Å². The van der Waals surface area contributed by atoms with Gasteiger partial charge in [0.15, 0.2) is 0 Å². The molecule has 2 rings (SSSR count). The van der Waals surface area contributed by atoms with Gasteiger partial charge >= 0.3 is 5.97 Å². The number of carboxylic acid groups (broad SMARTS) is 1. The molecule has 0 radical (unpaired) electrons. The lowest BCUT2D eigenvalue weighted by Crippen LogP contribution is -2.30. The maximum absolute atomic E-state index is 10.7. The summed E-state index contributed by atoms with van der Waals surface area (Å²) in [5.41, 5.74) is 1.36. The monoisotopic (exact) mass is 260 g/mol. The van der Waals surface area contributed by atoms with Gasteiger partial charge in [0.2, 0.25) is 0 Å². The summed E-state index contributed by atoms with van der Waals surface area (Å²) in [5, 5.41) is 16.2. The molecular weight excluding hydrogens is 244 g/mol. The molecule has 0 aliphatic heterocycles. The van der Waals surface area contributed by atoms with E-state index in [1.807, 2.05) is 12.1 Å². The summed E-state index contributed by atoms with van der Waals surface area (Å²) in [7, 11) is 0. The third-order valence-electron chi connectivity index (χ3n) is 2.78. The summed E-state index contributed by atoms with van der Waals surface area (Å²) >= 11 is 0. The maximum atomic E-state index is 10.7. The minimum absolute atomic E-state index is 0.251. The Balaban J connectivity index is 1.83. The van der Waals surface area contributed by atoms with Gasteiger partial charge in [-0.1, -0.05) is 12.1 Å². The third-order valence-corrected chi connectivity index (χ3v) is 2.78. The Bertz CT molecular complexity index is 522. The third kappa shape index (κ3) is 3.89. The van der Waals surface area contributed by atoms with Gasteiger partial charge in [-0.15, -0.1) is 0 Å². The van der Waals surface area contributed by atoms with E-state index in [9.17, 15) is 4.79 Å². The number of hydrogen-bond donors (Lipinski definition) is 2. The molecular formula is C13H16N4O2. The number of carboxylic acids is 1. The number of nitrogens with zero attached hydrogens (tertiary/aromatic N) is 3. The fraction of sp³-hybridized carbons (Fsp3) is 0.308. The molecule has 0 saturated heterocycles. The lowest BCUT2D eigenvalue weighted by molar-refractivity contribution is 0.0697. The van der Waals surface area contributed by atoms with Crippen LogP contribution in [0, 0.1) is 0 Å². The van der Waals surface area contributed by atoms with Crippen LogP contribution in [0.2, 0.25) is 0 Å². The summed E-state index contributed by atoms with van der Waals surface area (Å²) in [5.74, 6) is -0.904. The molecule has 2 N–H and O–H groups in total. The van der Waals surface area contributed by atoms with Crippen LogP contribution in [-0.4, -0.2) is 31.9 Å². The second-order valence-corrected chi connectivity index (χ2v) is 4.40. The quantitative estimate of drug-likeness (QED) is 0.814. The second kappa shape index (κ2) is 6.10. The van der Waals surface area contributed by atoms with Gasteiger partial charge in [-0.2, -0.15) is 5.10 Å². The van der Waals surface area contributed by atoms with Crippen molar-refractivity contribution in [3.8, 4) is 0 Å². The molecule has 0 unspecified atom stereocenters. The van der Waals surface area contributed by atoms with E-state index < -0.39 is 5.97 Å². The molecule has 19 heavy (non-hydrogen) atoms. The van der Waals surface area contributed by atoms with Crippen molar-refractivity contribution in [2.75, 3.05) is 0 Å². The van der Waals surface area contributed by atoms with Crippen molar-refractivity contribution in [3.05, 3.63) is 48.0 Å². The molecule has 0 bridgehead atoms. The van der Waals surface area contributed by atoms with Gasteiger partial charge in [-0.25, -0.2) is 9.78 Å². The Labute approximate surface area is 111 Å². The largest absolute Gasteiger partial charge is 0.478 e. The summed E-state index contributed by atoms with van der Waals surface area (Å²) in [4.78, 5) is 14.6. The Morgan fingerprint density at radius 2 is 2.16 bits per heavy atom. The van der Waals surface area contributed by atoms with Crippen LogP contribution in [0.15, 0.2) is 36.9 Å². The minimum Gasteiger partial charge on any atom is -0.478 e. The molecule has 0 saturated carbocycles. The van der Waals surface area contributed by atoms with Crippen LogP contribution in [0.25, 0.3) is 0 Å². The van der Waals surface area contributed by atoms with Crippen LogP contribution in [0.3, 0.4) is 0 Å². The van der Waals surface area contributed by atoms with Crippen LogP contribution in [0.5, 0.6) is 0 Å². The molecule has 6 heteroatoms. The van der Waals surface area contributed by atoms with Gasteiger partial charge in [0.1, 0.15) is 12.7 Å². The van der Waals surface area contributed by atoms with E-state index in [1.165, 1.54) is 6.33 Å². The van der Waals surface area contributed by atoms with Crippen LogP contribution < -0.4 is 5.32 Å². The van der Waals surface area contributed by atoms with E-state index in [0.717, 1.165) is 12.1 Å². The van der Waals surface area contributed by atoms with Gasteiger partial charge in [-0.05, 0) is 24.6 Å². The Morgan fingerprint density at radius 1 is 1.42 bits per heavy atom. The highest BCUT2D eigenvalue weighted by atomic mass is 16.4. The van der Waals surface area contributed by atoms with Crippen LogP contribution in [0.1, 0.15) is 22.8 Å². The Kier molecular flexibility index (Phi) is 4.25. The number of carbonyl (C=O) groups is 1. The predicted octanol–water partition coefficient (Wildman–Crippen LogP) is 1.15. The maximum Gasteiger partial charge on any atom is 0.335 e. The molecule has 1 aromatic carbocycles. The zero-order valence-corrected chi connectivity index (χ0v) is 10.7. The molecule has 1 aromatic heterocycles. The van der Waals surface area contributed by atoms with Crippen molar-refractivity contribution < 1.29 is 9.90 Å². The molecule has 100 valence electrons. The zero-order chi connectivity index (χ0) is 13.7. The number of aromatic nitrogens is 3. The van der Waals surface area contributed by atoms with Gasteiger partial charge in [0, 0.05) is 12.6 Å². The first-order chi connectivity index (χ1) is 9.15. The lowest BCUT2D eigenvalue weighted by atomic mass is 10.1. The van der Waals surface area contributed by atoms with Crippen molar-refractivity contribution in [1.29, 1.82) is 0 Å². The fourth-order valence-electron chi connectivity index (χ4n) is 1.73. The fourth-order valence-corrected chi connectivity index (χ4v) is 1.73. The molecule has 0 fully saturated rings. The highest BCUT2D eigenvalue weighted by Crippen LogP contribution is 2.04. The van der Waals surface area contributed by atoms with E-state index in [0.29, 0.717) is 12.1 Å². The molecule has 2 aromatic rings. The molecule has 1 atom stereocenters. The van der Waals surface area contributed by atoms with Crippen molar-refractivity contribution in [3.63, 3.8) is 0 Å². The second-order valence-electron chi connectivity index (χ2n) is 4.40. The van der Waals surface area contributed by atoms with E-state index in [2.05, 4.69) is 22.3 Å². The van der Waals surface area contributed by atoms with E-state index in [-0.39, 0.29) is 6.04 Å². The van der Waals surface area contributed by atoms with E-state index >= 15 is 0 Å². The van der Waals surface area contributed by atoms with Crippen molar-refractivity contribution in [2.45, 2.75) is 26.1 Å².